The van der Waals surface area contributed by atoms with Crippen LogP contribution in [-0.4, -0.2) is 17.0 Å². The Hall–Kier alpha value is -3.80. The van der Waals surface area contributed by atoms with Gasteiger partial charge in [0.15, 0.2) is 0 Å². The smallest absolute Gasteiger partial charge is 0.269 e. The number of nitro groups is 1. The number of hydrogen-bond acceptors (Lipinski definition) is 4. The fraction of sp³-hybridized carbons (Fsp3) is 0.0476. The standard InChI is InChI=1S/C21H17N3O3/c25-21(15-18-8-3-7-17-6-1-2-9-20(17)18)23-22-14-4-5-16-10-12-19(13-11-16)24(26)27/h1-14H,15H2,(H,23,25)/b5-4+,22-14+. The molecule has 6 nitrogen and oxygen atoms in total. The minimum atomic E-state index is -0.444. The lowest BCUT2D eigenvalue weighted by Gasteiger charge is -2.05. The van der Waals surface area contributed by atoms with Gasteiger partial charge in [-0.05, 0) is 40.1 Å². The molecule has 0 saturated heterocycles. The number of hydrogen-bond donors (Lipinski definition) is 1. The van der Waals surface area contributed by atoms with Gasteiger partial charge in [0.05, 0.1) is 11.3 Å². The molecular weight excluding hydrogens is 342 g/mol. The van der Waals surface area contributed by atoms with Crippen LogP contribution in [0.15, 0.2) is 77.9 Å². The van der Waals surface area contributed by atoms with E-state index in [1.165, 1.54) is 18.3 Å². The lowest BCUT2D eigenvalue weighted by molar-refractivity contribution is -0.384. The normalized spacial score (nSPS) is 11.3. The van der Waals surface area contributed by atoms with Crippen molar-refractivity contribution in [3.63, 3.8) is 0 Å². The number of benzene rings is 3. The Morgan fingerprint density at radius 3 is 2.56 bits per heavy atom. The number of nitro benzene ring substituents is 1. The van der Waals surface area contributed by atoms with Gasteiger partial charge in [0.2, 0.25) is 5.91 Å². The van der Waals surface area contributed by atoms with Gasteiger partial charge in [0.25, 0.3) is 5.69 Å². The van der Waals surface area contributed by atoms with E-state index in [-0.39, 0.29) is 18.0 Å². The fourth-order valence-corrected chi connectivity index (χ4v) is 2.67. The van der Waals surface area contributed by atoms with E-state index in [1.807, 2.05) is 42.5 Å². The molecule has 0 radical (unpaired) electrons. The van der Waals surface area contributed by atoms with Crippen LogP contribution in [0, 0.1) is 10.1 Å². The lowest BCUT2D eigenvalue weighted by atomic mass is 10.0. The van der Waals surface area contributed by atoms with Crippen LogP contribution in [0.3, 0.4) is 0 Å². The third kappa shape index (κ3) is 4.85. The Balaban J connectivity index is 1.54. The topological polar surface area (TPSA) is 84.6 Å². The van der Waals surface area contributed by atoms with E-state index in [0.29, 0.717) is 0 Å². The van der Waals surface area contributed by atoms with Crippen molar-refractivity contribution in [3.05, 3.63) is 94.0 Å². The summed E-state index contributed by atoms with van der Waals surface area (Å²) in [6, 6.07) is 19.9. The first-order valence-corrected chi connectivity index (χ1v) is 8.33. The quantitative estimate of drug-likeness (QED) is 0.408. The number of allylic oxidation sites excluding steroid dienone is 1. The predicted octanol–water partition coefficient (Wildman–Crippen LogP) is 4.11. The second kappa shape index (κ2) is 8.53. The van der Waals surface area contributed by atoms with E-state index >= 15 is 0 Å². The van der Waals surface area contributed by atoms with E-state index in [0.717, 1.165) is 21.9 Å². The molecule has 0 atom stereocenters. The molecule has 6 heteroatoms. The van der Waals surface area contributed by atoms with Gasteiger partial charge in [-0.2, -0.15) is 5.10 Å². The molecule has 0 bridgehead atoms. The van der Waals surface area contributed by atoms with Gasteiger partial charge in [0, 0.05) is 18.3 Å². The van der Waals surface area contributed by atoms with E-state index in [1.54, 1.807) is 24.3 Å². The summed E-state index contributed by atoms with van der Waals surface area (Å²) in [5.74, 6) is -0.202. The minimum absolute atomic E-state index is 0.0431. The van der Waals surface area contributed by atoms with Crippen molar-refractivity contribution in [2.75, 3.05) is 0 Å². The summed E-state index contributed by atoms with van der Waals surface area (Å²) in [5, 5.41) is 16.6. The summed E-state index contributed by atoms with van der Waals surface area (Å²) < 4.78 is 0. The highest BCUT2D eigenvalue weighted by Crippen LogP contribution is 2.18. The predicted molar refractivity (Wildman–Crippen MR) is 106 cm³/mol. The molecule has 1 amide bonds. The van der Waals surface area contributed by atoms with E-state index in [2.05, 4.69) is 10.5 Å². The number of rotatable bonds is 6. The van der Waals surface area contributed by atoms with Crippen molar-refractivity contribution in [1.29, 1.82) is 0 Å². The Morgan fingerprint density at radius 2 is 1.78 bits per heavy atom. The summed E-state index contributed by atoms with van der Waals surface area (Å²) >= 11 is 0. The summed E-state index contributed by atoms with van der Waals surface area (Å²) in [7, 11) is 0. The minimum Gasteiger partial charge on any atom is -0.273 e. The lowest BCUT2D eigenvalue weighted by Crippen LogP contribution is -2.19. The van der Waals surface area contributed by atoms with E-state index in [9.17, 15) is 14.9 Å². The number of non-ortho nitro benzene ring substituents is 1. The van der Waals surface area contributed by atoms with Gasteiger partial charge in [-0.3, -0.25) is 14.9 Å². The maximum Gasteiger partial charge on any atom is 0.269 e. The average molecular weight is 359 g/mol. The Kier molecular flexibility index (Phi) is 5.69. The van der Waals surface area contributed by atoms with Crippen molar-refractivity contribution < 1.29 is 9.72 Å². The SMILES string of the molecule is O=C(Cc1cccc2ccccc12)N/N=C/C=C/c1ccc([N+](=O)[O-])cc1. The molecule has 0 aliphatic carbocycles. The molecular formula is C21H17N3O3. The summed E-state index contributed by atoms with van der Waals surface area (Å²) in [6.07, 6.45) is 5.09. The monoisotopic (exact) mass is 359 g/mol. The van der Waals surface area contributed by atoms with Crippen molar-refractivity contribution in [3.8, 4) is 0 Å². The van der Waals surface area contributed by atoms with Gasteiger partial charge in [0.1, 0.15) is 0 Å². The van der Waals surface area contributed by atoms with Crippen LogP contribution in [0.4, 0.5) is 5.69 Å². The Labute approximate surface area is 156 Å². The first-order chi connectivity index (χ1) is 13.1. The molecule has 3 rings (SSSR count). The molecule has 0 heterocycles. The summed E-state index contributed by atoms with van der Waals surface area (Å²) in [5.41, 5.74) is 4.29. The van der Waals surface area contributed by atoms with Gasteiger partial charge in [-0.15, -0.1) is 0 Å². The molecule has 27 heavy (non-hydrogen) atoms. The summed E-state index contributed by atoms with van der Waals surface area (Å²) in [4.78, 5) is 22.2. The van der Waals surface area contributed by atoms with Crippen LogP contribution in [0.1, 0.15) is 11.1 Å². The number of fused-ring (bicyclic) bond motifs is 1. The molecule has 134 valence electrons. The van der Waals surface area contributed by atoms with Crippen LogP contribution < -0.4 is 5.43 Å². The Bertz CT molecular complexity index is 1020. The highest BCUT2D eigenvalue weighted by molar-refractivity contribution is 5.90. The second-order valence-electron chi connectivity index (χ2n) is 5.84. The third-order valence-corrected chi connectivity index (χ3v) is 3.97. The van der Waals surface area contributed by atoms with Crippen molar-refractivity contribution in [2.24, 2.45) is 5.10 Å². The van der Waals surface area contributed by atoms with E-state index in [4.69, 9.17) is 0 Å². The third-order valence-electron chi connectivity index (χ3n) is 3.97. The van der Waals surface area contributed by atoms with Crippen LogP contribution in [0.2, 0.25) is 0 Å². The molecule has 3 aromatic carbocycles. The maximum absolute atomic E-state index is 12.1. The number of nitrogens with zero attached hydrogens (tertiary/aromatic N) is 2. The van der Waals surface area contributed by atoms with E-state index < -0.39 is 4.92 Å². The molecule has 0 spiro atoms. The van der Waals surface area contributed by atoms with Crippen LogP contribution in [0.5, 0.6) is 0 Å². The zero-order valence-corrected chi connectivity index (χ0v) is 14.4. The Morgan fingerprint density at radius 1 is 1.04 bits per heavy atom. The van der Waals surface area contributed by atoms with Gasteiger partial charge >= 0.3 is 0 Å². The largest absolute Gasteiger partial charge is 0.273 e. The van der Waals surface area contributed by atoms with Crippen LogP contribution in [0.25, 0.3) is 16.8 Å². The number of amides is 1. The first-order valence-electron chi connectivity index (χ1n) is 8.33. The first kappa shape index (κ1) is 18.0. The molecule has 0 fully saturated rings. The van der Waals surface area contributed by atoms with Crippen molar-refractivity contribution in [1.82, 2.24) is 5.43 Å². The zero-order valence-electron chi connectivity index (χ0n) is 14.4. The molecule has 0 aromatic heterocycles. The molecule has 0 aliphatic rings. The van der Waals surface area contributed by atoms with Gasteiger partial charge < -0.3 is 0 Å². The molecule has 0 aliphatic heterocycles. The van der Waals surface area contributed by atoms with Crippen LogP contribution >= 0.6 is 0 Å². The molecule has 1 N–H and O–H groups in total. The summed E-state index contributed by atoms with van der Waals surface area (Å²) in [6.45, 7) is 0. The second-order valence-corrected chi connectivity index (χ2v) is 5.84. The molecule has 3 aromatic rings. The fourth-order valence-electron chi connectivity index (χ4n) is 2.67. The number of nitrogens with one attached hydrogen (secondary N) is 1. The molecule has 0 saturated carbocycles. The highest BCUT2D eigenvalue weighted by Gasteiger charge is 2.05. The number of carbonyl (C=O) groups is 1. The highest BCUT2D eigenvalue weighted by atomic mass is 16.6. The number of hydrazone groups is 1. The number of carbonyl (C=O) groups excluding carboxylic acids is 1. The van der Waals surface area contributed by atoms with Crippen molar-refractivity contribution in [2.45, 2.75) is 6.42 Å². The molecule has 0 unspecified atom stereocenters. The van der Waals surface area contributed by atoms with Crippen LogP contribution in [-0.2, 0) is 11.2 Å². The maximum atomic E-state index is 12.1. The van der Waals surface area contributed by atoms with Crippen molar-refractivity contribution >= 4 is 34.7 Å². The van der Waals surface area contributed by atoms with Gasteiger partial charge in [-0.25, -0.2) is 5.43 Å². The zero-order chi connectivity index (χ0) is 19.1. The van der Waals surface area contributed by atoms with Gasteiger partial charge in [-0.1, -0.05) is 48.5 Å². The average Bonchev–Trinajstić information content (AvgIpc) is 2.68.